The molecule has 3 rings (SSSR count). The van der Waals surface area contributed by atoms with Gasteiger partial charge in [0.2, 0.25) is 21.8 Å². The first-order valence-electron chi connectivity index (χ1n) is 8.47. The second kappa shape index (κ2) is 7.13. The molecule has 0 saturated carbocycles. The van der Waals surface area contributed by atoms with Crippen LogP contribution in [0.5, 0.6) is 0 Å². The molecule has 2 heterocycles. The first-order valence-corrected chi connectivity index (χ1v) is 10.1. The average Bonchev–Trinajstić information content (AvgIpc) is 3.00. The van der Waals surface area contributed by atoms with E-state index in [4.69, 9.17) is 0 Å². The molecule has 0 aromatic heterocycles. The van der Waals surface area contributed by atoms with E-state index >= 15 is 0 Å². The van der Waals surface area contributed by atoms with Gasteiger partial charge in [0.05, 0.1) is 5.75 Å². The average molecular weight is 365 g/mol. The number of amides is 2. The third-order valence-corrected chi connectivity index (χ3v) is 6.52. The maximum Gasteiger partial charge on any atom is 0.245 e. The standard InChI is InChI=1S/C17H23N3O4S/c1-13-3-2-4-14(11-13)12-25(23,24)20-9-7-19(8-10-20)17(22)15-5-6-16(21)18-15/h2-4,11,15H,5-10,12H2,1H3,(H,18,21). The molecule has 2 saturated heterocycles. The van der Waals surface area contributed by atoms with Crippen molar-refractivity contribution in [2.45, 2.75) is 31.6 Å². The zero-order chi connectivity index (χ0) is 18.0. The molecule has 8 heteroatoms. The molecular formula is C17H23N3O4S. The van der Waals surface area contributed by atoms with Crippen molar-refractivity contribution in [1.29, 1.82) is 0 Å². The van der Waals surface area contributed by atoms with Crippen molar-refractivity contribution in [3.8, 4) is 0 Å². The second-order valence-electron chi connectivity index (χ2n) is 6.63. The summed E-state index contributed by atoms with van der Waals surface area (Å²) in [6.07, 6.45) is 0.894. The van der Waals surface area contributed by atoms with Crippen molar-refractivity contribution in [2.24, 2.45) is 0 Å². The van der Waals surface area contributed by atoms with Crippen LogP contribution in [0.15, 0.2) is 24.3 Å². The van der Waals surface area contributed by atoms with Crippen molar-refractivity contribution in [3.05, 3.63) is 35.4 Å². The smallest absolute Gasteiger partial charge is 0.245 e. The fourth-order valence-corrected chi connectivity index (χ4v) is 4.81. The Morgan fingerprint density at radius 3 is 2.56 bits per heavy atom. The van der Waals surface area contributed by atoms with Gasteiger partial charge in [-0.05, 0) is 18.9 Å². The summed E-state index contributed by atoms with van der Waals surface area (Å²) >= 11 is 0. The Morgan fingerprint density at radius 2 is 1.96 bits per heavy atom. The van der Waals surface area contributed by atoms with E-state index in [1.165, 1.54) is 4.31 Å². The molecule has 2 aliphatic heterocycles. The predicted octanol–water partition coefficient (Wildman–Crippen LogP) is 0.248. The van der Waals surface area contributed by atoms with Gasteiger partial charge in [0.15, 0.2) is 0 Å². The number of hydrogen-bond donors (Lipinski definition) is 1. The number of piperazine rings is 1. The highest BCUT2D eigenvalue weighted by atomic mass is 32.2. The van der Waals surface area contributed by atoms with Crippen LogP contribution in [0.25, 0.3) is 0 Å². The van der Waals surface area contributed by atoms with Gasteiger partial charge in [-0.2, -0.15) is 4.31 Å². The largest absolute Gasteiger partial charge is 0.344 e. The zero-order valence-electron chi connectivity index (χ0n) is 14.3. The van der Waals surface area contributed by atoms with Gasteiger partial charge >= 0.3 is 0 Å². The molecule has 0 aliphatic carbocycles. The molecule has 1 atom stereocenters. The summed E-state index contributed by atoms with van der Waals surface area (Å²) in [5.41, 5.74) is 1.80. The molecule has 2 aliphatic rings. The fraction of sp³-hybridized carbons (Fsp3) is 0.529. The maximum atomic E-state index is 12.6. The van der Waals surface area contributed by atoms with Gasteiger partial charge in [-0.1, -0.05) is 29.8 Å². The summed E-state index contributed by atoms with van der Waals surface area (Å²) in [6.45, 7) is 3.24. The number of hydrogen-bond acceptors (Lipinski definition) is 4. The molecule has 0 bridgehead atoms. The second-order valence-corrected chi connectivity index (χ2v) is 8.60. The van der Waals surface area contributed by atoms with Crippen LogP contribution in [-0.2, 0) is 25.4 Å². The van der Waals surface area contributed by atoms with Crippen LogP contribution in [0.1, 0.15) is 24.0 Å². The lowest BCUT2D eigenvalue weighted by molar-refractivity contribution is -0.135. The third kappa shape index (κ3) is 4.19. The number of rotatable bonds is 4. The van der Waals surface area contributed by atoms with E-state index in [-0.39, 0.29) is 17.6 Å². The highest BCUT2D eigenvalue weighted by Crippen LogP contribution is 2.16. The Hall–Kier alpha value is -1.93. The van der Waals surface area contributed by atoms with Crippen LogP contribution in [0.4, 0.5) is 0 Å². The first kappa shape index (κ1) is 17.9. The summed E-state index contributed by atoms with van der Waals surface area (Å²) in [6, 6.07) is 7.02. The van der Waals surface area contributed by atoms with Gasteiger partial charge in [-0.25, -0.2) is 8.42 Å². The van der Waals surface area contributed by atoms with Crippen molar-refractivity contribution in [3.63, 3.8) is 0 Å². The van der Waals surface area contributed by atoms with E-state index in [1.807, 2.05) is 31.2 Å². The molecule has 25 heavy (non-hydrogen) atoms. The van der Waals surface area contributed by atoms with Crippen LogP contribution in [0, 0.1) is 6.92 Å². The molecule has 0 radical (unpaired) electrons. The lowest BCUT2D eigenvalue weighted by Gasteiger charge is -2.35. The summed E-state index contributed by atoms with van der Waals surface area (Å²) in [5.74, 6) is -0.235. The van der Waals surface area contributed by atoms with Crippen LogP contribution < -0.4 is 5.32 Å². The number of sulfonamides is 1. The van der Waals surface area contributed by atoms with Gasteiger partial charge < -0.3 is 10.2 Å². The van der Waals surface area contributed by atoms with Crippen LogP contribution in [-0.4, -0.2) is 61.7 Å². The van der Waals surface area contributed by atoms with Gasteiger partial charge in [-0.15, -0.1) is 0 Å². The molecule has 2 fully saturated rings. The summed E-state index contributed by atoms with van der Waals surface area (Å²) in [5, 5.41) is 2.67. The normalized spacial score (nSPS) is 22.0. The molecule has 1 aromatic rings. The molecule has 136 valence electrons. The van der Waals surface area contributed by atoms with Gasteiger partial charge in [-0.3, -0.25) is 9.59 Å². The Labute approximate surface area is 148 Å². The van der Waals surface area contributed by atoms with Crippen molar-refractivity contribution >= 4 is 21.8 Å². The summed E-state index contributed by atoms with van der Waals surface area (Å²) in [4.78, 5) is 25.3. The Morgan fingerprint density at radius 1 is 1.24 bits per heavy atom. The third-order valence-electron chi connectivity index (χ3n) is 4.67. The number of nitrogens with zero attached hydrogens (tertiary/aromatic N) is 2. The lowest BCUT2D eigenvalue weighted by atomic mass is 10.2. The first-order chi connectivity index (χ1) is 11.8. The van der Waals surface area contributed by atoms with E-state index in [1.54, 1.807) is 4.90 Å². The van der Waals surface area contributed by atoms with E-state index in [9.17, 15) is 18.0 Å². The maximum absolute atomic E-state index is 12.6. The predicted molar refractivity (Wildman–Crippen MR) is 93.1 cm³/mol. The SMILES string of the molecule is Cc1cccc(CS(=O)(=O)N2CCN(C(=O)C3CCC(=O)N3)CC2)c1. The molecule has 1 aromatic carbocycles. The number of carbonyl (C=O) groups is 2. The minimum atomic E-state index is -3.40. The van der Waals surface area contributed by atoms with E-state index in [0.717, 1.165) is 11.1 Å². The highest BCUT2D eigenvalue weighted by Gasteiger charge is 2.34. The summed E-state index contributed by atoms with van der Waals surface area (Å²) in [7, 11) is -3.40. The monoisotopic (exact) mass is 365 g/mol. The van der Waals surface area contributed by atoms with E-state index in [2.05, 4.69) is 5.32 Å². The zero-order valence-corrected chi connectivity index (χ0v) is 15.1. The molecule has 1 N–H and O–H groups in total. The molecular weight excluding hydrogens is 342 g/mol. The van der Waals surface area contributed by atoms with Crippen molar-refractivity contribution in [1.82, 2.24) is 14.5 Å². The van der Waals surface area contributed by atoms with E-state index in [0.29, 0.717) is 39.0 Å². The number of aryl methyl sites for hydroxylation is 1. The van der Waals surface area contributed by atoms with E-state index < -0.39 is 16.1 Å². The Kier molecular flexibility index (Phi) is 5.10. The Balaban J connectivity index is 1.57. The van der Waals surface area contributed by atoms with Crippen LogP contribution in [0.3, 0.4) is 0 Å². The Bertz CT molecular complexity index is 770. The van der Waals surface area contributed by atoms with Gasteiger partial charge in [0.1, 0.15) is 6.04 Å². The number of carbonyl (C=O) groups excluding carboxylic acids is 2. The summed E-state index contributed by atoms with van der Waals surface area (Å²) < 4.78 is 26.7. The lowest BCUT2D eigenvalue weighted by Crippen LogP contribution is -2.54. The molecule has 7 nitrogen and oxygen atoms in total. The quantitative estimate of drug-likeness (QED) is 0.829. The minimum absolute atomic E-state index is 0.0265. The fourth-order valence-electron chi connectivity index (χ4n) is 3.31. The van der Waals surface area contributed by atoms with Gasteiger partial charge in [0, 0.05) is 32.6 Å². The molecule has 1 unspecified atom stereocenters. The van der Waals surface area contributed by atoms with Gasteiger partial charge in [0.25, 0.3) is 0 Å². The molecule has 2 amide bonds. The topological polar surface area (TPSA) is 86.8 Å². The highest BCUT2D eigenvalue weighted by molar-refractivity contribution is 7.88. The van der Waals surface area contributed by atoms with Crippen molar-refractivity contribution in [2.75, 3.05) is 26.2 Å². The molecule has 0 spiro atoms. The minimum Gasteiger partial charge on any atom is -0.344 e. The number of nitrogens with one attached hydrogen (secondary N) is 1. The number of benzene rings is 1. The van der Waals surface area contributed by atoms with Crippen molar-refractivity contribution < 1.29 is 18.0 Å². The van der Waals surface area contributed by atoms with Crippen LogP contribution in [0.2, 0.25) is 0 Å². The van der Waals surface area contributed by atoms with Crippen LogP contribution >= 0.6 is 0 Å².